The summed E-state index contributed by atoms with van der Waals surface area (Å²) >= 11 is 6.89. The molecule has 2 heterocycles. The molecule has 0 radical (unpaired) electrons. The van der Waals surface area contributed by atoms with Crippen molar-refractivity contribution in [3.63, 3.8) is 0 Å². The summed E-state index contributed by atoms with van der Waals surface area (Å²) in [6.07, 6.45) is 3.42. The van der Waals surface area contributed by atoms with Crippen LogP contribution < -0.4 is 5.73 Å². The predicted octanol–water partition coefficient (Wildman–Crippen LogP) is 3.15. The molecule has 1 atom stereocenters. The van der Waals surface area contributed by atoms with Crippen LogP contribution in [-0.2, 0) is 19.9 Å². The molecule has 0 saturated heterocycles. The molecule has 0 fully saturated rings. The van der Waals surface area contributed by atoms with Crippen LogP contribution in [0.3, 0.4) is 0 Å². The molecule has 0 amide bonds. The third-order valence-electron chi connectivity index (χ3n) is 3.01. The first-order valence-corrected chi connectivity index (χ1v) is 7.68. The summed E-state index contributed by atoms with van der Waals surface area (Å²) in [5.74, 6) is 0. The minimum Gasteiger partial charge on any atom is -0.322 e. The van der Waals surface area contributed by atoms with Gasteiger partial charge in [0, 0.05) is 34.3 Å². The zero-order valence-electron chi connectivity index (χ0n) is 10.9. The largest absolute Gasteiger partial charge is 0.322 e. The maximum absolute atomic E-state index is 6.25. The number of hydrogen-bond donors (Lipinski definition) is 1. The SMILES string of the molecule is CCc1cc(CC(N)c2ncc(Br)cc2Br)n(C)n1. The summed E-state index contributed by atoms with van der Waals surface area (Å²) in [6.45, 7) is 2.10. The molecule has 0 bridgehead atoms. The van der Waals surface area contributed by atoms with Crippen LogP contribution in [0, 0.1) is 0 Å². The summed E-state index contributed by atoms with van der Waals surface area (Å²) in [5.41, 5.74) is 9.33. The van der Waals surface area contributed by atoms with Gasteiger partial charge in [-0.1, -0.05) is 6.92 Å². The quantitative estimate of drug-likeness (QED) is 0.876. The molecule has 2 aromatic heterocycles. The fourth-order valence-corrected chi connectivity index (χ4v) is 3.24. The number of nitrogens with zero attached hydrogens (tertiary/aromatic N) is 3. The number of hydrogen-bond acceptors (Lipinski definition) is 3. The molecule has 2 aromatic rings. The van der Waals surface area contributed by atoms with Gasteiger partial charge in [0.1, 0.15) is 0 Å². The van der Waals surface area contributed by atoms with Crippen molar-refractivity contribution < 1.29 is 0 Å². The van der Waals surface area contributed by atoms with Gasteiger partial charge in [0.15, 0.2) is 0 Å². The summed E-state index contributed by atoms with van der Waals surface area (Å²) in [7, 11) is 1.95. The van der Waals surface area contributed by atoms with Gasteiger partial charge in [-0.05, 0) is 50.4 Å². The van der Waals surface area contributed by atoms with Crippen LogP contribution in [-0.4, -0.2) is 14.8 Å². The summed E-state index contributed by atoms with van der Waals surface area (Å²) in [4.78, 5) is 4.38. The molecule has 0 aromatic carbocycles. The van der Waals surface area contributed by atoms with Crippen LogP contribution in [0.4, 0.5) is 0 Å². The second-order valence-electron chi connectivity index (χ2n) is 4.44. The Labute approximate surface area is 129 Å². The van der Waals surface area contributed by atoms with E-state index in [0.717, 1.165) is 38.9 Å². The molecule has 4 nitrogen and oxygen atoms in total. The second-order valence-corrected chi connectivity index (χ2v) is 6.21. The van der Waals surface area contributed by atoms with Gasteiger partial charge < -0.3 is 5.73 Å². The zero-order chi connectivity index (χ0) is 14.0. The monoisotopic (exact) mass is 386 g/mol. The highest BCUT2D eigenvalue weighted by Crippen LogP contribution is 2.25. The van der Waals surface area contributed by atoms with Crippen molar-refractivity contribution in [2.75, 3.05) is 0 Å². The van der Waals surface area contributed by atoms with Crippen molar-refractivity contribution in [3.8, 4) is 0 Å². The van der Waals surface area contributed by atoms with Crippen molar-refractivity contribution in [1.82, 2.24) is 14.8 Å². The Hall–Kier alpha value is -0.720. The summed E-state index contributed by atoms with van der Waals surface area (Å²) in [5, 5.41) is 4.43. The lowest BCUT2D eigenvalue weighted by atomic mass is 10.1. The molecule has 0 aliphatic carbocycles. The van der Waals surface area contributed by atoms with E-state index in [1.165, 1.54) is 0 Å². The van der Waals surface area contributed by atoms with Crippen molar-refractivity contribution in [2.45, 2.75) is 25.8 Å². The molecule has 1 unspecified atom stereocenters. The minimum atomic E-state index is -0.150. The standard InChI is InChI=1S/C13H16Br2N4/c1-3-9-5-10(19(2)18-9)6-12(16)13-11(15)4-8(14)7-17-13/h4-5,7,12H,3,6,16H2,1-2H3. The van der Waals surface area contributed by atoms with Gasteiger partial charge in [-0.25, -0.2) is 0 Å². The number of aryl methyl sites for hydroxylation is 2. The Bertz CT molecular complexity index is 580. The number of rotatable bonds is 4. The average Bonchev–Trinajstić information content (AvgIpc) is 2.70. The van der Waals surface area contributed by atoms with E-state index in [4.69, 9.17) is 5.73 Å². The number of nitrogens with two attached hydrogens (primary N) is 1. The Morgan fingerprint density at radius 2 is 2.11 bits per heavy atom. The fraction of sp³-hybridized carbons (Fsp3) is 0.385. The van der Waals surface area contributed by atoms with Crippen LogP contribution in [0.2, 0.25) is 0 Å². The van der Waals surface area contributed by atoms with E-state index >= 15 is 0 Å². The molecule has 0 saturated carbocycles. The second kappa shape index (κ2) is 6.15. The van der Waals surface area contributed by atoms with Crippen molar-refractivity contribution in [3.05, 3.63) is 44.4 Å². The number of halogens is 2. The van der Waals surface area contributed by atoms with E-state index in [2.05, 4.69) is 54.9 Å². The number of aromatic nitrogens is 3. The lowest BCUT2D eigenvalue weighted by Crippen LogP contribution is -2.17. The molecule has 2 rings (SSSR count). The Kier molecular flexibility index (Phi) is 4.76. The minimum absolute atomic E-state index is 0.150. The summed E-state index contributed by atoms with van der Waals surface area (Å²) in [6, 6.07) is 3.91. The number of pyridine rings is 1. The highest BCUT2D eigenvalue weighted by atomic mass is 79.9. The zero-order valence-corrected chi connectivity index (χ0v) is 14.1. The highest BCUT2D eigenvalue weighted by molar-refractivity contribution is 9.11. The van der Waals surface area contributed by atoms with Crippen LogP contribution in [0.25, 0.3) is 0 Å². The molecular formula is C13H16Br2N4. The third kappa shape index (κ3) is 3.43. The van der Waals surface area contributed by atoms with Gasteiger partial charge in [0.05, 0.1) is 17.4 Å². The first-order chi connectivity index (χ1) is 9.01. The van der Waals surface area contributed by atoms with E-state index in [9.17, 15) is 0 Å². The predicted molar refractivity (Wildman–Crippen MR) is 82.9 cm³/mol. The third-order valence-corrected chi connectivity index (χ3v) is 4.07. The van der Waals surface area contributed by atoms with Gasteiger partial charge in [-0.2, -0.15) is 5.10 Å². The topological polar surface area (TPSA) is 56.7 Å². The molecule has 2 N–H and O–H groups in total. The average molecular weight is 388 g/mol. The van der Waals surface area contributed by atoms with Gasteiger partial charge in [-0.3, -0.25) is 9.67 Å². The van der Waals surface area contributed by atoms with E-state index in [1.807, 2.05) is 17.8 Å². The Balaban J connectivity index is 2.20. The fourth-order valence-electron chi connectivity index (χ4n) is 1.96. The first-order valence-electron chi connectivity index (χ1n) is 6.09. The molecule has 0 aliphatic heterocycles. The van der Waals surface area contributed by atoms with Crippen LogP contribution in [0.1, 0.15) is 30.0 Å². The van der Waals surface area contributed by atoms with E-state index in [1.54, 1.807) is 6.20 Å². The van der Waals surface area contributed by atoms with Crippen LogP contribution in [0.5, 0.6) is 0 Å². The van der Waals surface area contributed by atoms with Crippen LogP contribution >= 0.6 is 31.9 Å². The Morgan fingerprint density at radius 3 is 2.68 bits per heavy atom. The van der Waals surface area contributed by atoms with Gasteiger partial charge in [-0.15, -0.1) is 0 Å². The van der Waals surface area contributed by atoms with Gasteiger partial charge in [0.2, 0.25) is 0 Å². The molecule has 6 heteroatoms. The van der Waals surface area contributed by atoms with Crippen molar-refractivity contribution in [2.24, 2.45) is 12.8 Å². The van der Waals surface area contributed by atoms with Gasteiger partial charge >= 0.3 is 0 Å². The summed E-state index contributed by atoms with van der Waals surface area (Å²) < 4.78 is 3.75. The molecular weight excluding hydrogens is 372 g/mol. The Morgan fingerprint density at radius 1 is 1.37 bits per heavy atom. The highest BCUT2D eigenvalue weighted by Gasteiger charge is 2.15. The van der Waals surface area contributed by atoms with E-state index < -0.39 is 0 Å². The van der Waals surface area contributed by atoms with Gasteiger partial charge in [0.25, 0.3) is 0 Å². The normalized spacial score (nSPS) is 12.7. The van der Waals surface area contributed by atoms with Crippen LogP contribution in [0.15, 0.2) is 27.3 Å². The molecule has 0 aliphatic rings. The van der Waals surface area contributed by atoms with Crippen molar-refractivity contribution >= 4 is 31.9 Å². The molecule has 102 valence electrons. The first kappa shape index (κ1) is 14.7. The van der Waals surface area contributed by atoms with Crippen molar-refractivity contribution in [1.29, 1.82) is 0 Å². The van der Waals surface area contributed by atoms with E-state index in [0.29, 0.717) is 0 Å². The van der Waals surface area contributed by atoms with E-state index in [-0.39, 0.29) is 6.04 Å². The maximum Gasteiger partial charge on any atom is 0.0717 e. The maximum atomic E-state index is 6.25. The smallest absolute Gasteiger partial charge is 0.0717 e. The lowest BCUT2D eigenvalue weighted by Gasteiger charge is -2.13. The lowest BCUT2D eigenvalue weighted by molar-refractivity contribution is 0.625. The molecule has 19 heavy (non-hydrogen) atoms. The molecule has 0 spiro atoms.